The molecular formula is C14H23N. The lowest BCUT2D eigenvalue weighted by molar-refractivity contribution is 0.522. The van der Waals surface area contributed by atoms with E-state index in [9.17, 15) is 0 Å². The van der Waals surface area contributed by atoms with Crippen LogP contribution in [0.4, 0.5) is 0 Å². The molecule has 0 bridgehead atoms. The first-order chi connectivity index (χ1) is 7.20. The van der Waals surface area contributed by atoms with Gasteiger partial charge in [0.05, 0.1) is 0 Å². The van der Waals surface area contributed by atoms with Crippen LogP contribution in [0.3, 0.4) is 0 Å². The molecule has 1 N–H and O–H groups in total. The second-order valence-corrected chi connectivity index (χ2v) is 4.70. The number of benzene rings is 1. The van der Waals surface area contributed by atoms with Crippen molar-refractivity contribution in [3.05, 3.63) is 35.9 Å². The topological polar surface area (TPSA) is 12.0 Å². The van der Waals surface area contributed by atoms with Crippen LogP contribution in [-0.2, 0) is 0 Å². The molecule has 15 heavy (non-hydrogen) atoms. The Morgan fingerprint density at radius 3 is 2.33 bits per heavy atom. The van der Waals surface area contributed by atoms with Crippen LogP contribution in [0.5, 0.6) is 0 Å². The highest BCUT2D eigenvalue weighted by atomic mass is 14.8. The van der Waals surface area contributed by atoms with E-state index in [-0.39, 0.29) is 0 Å². The molecule has 0 spiro atoms. The lowest BCUT2D eigenvalue weighted by atomic mass is 10.0. The van der Waals surface area contributed by atoms with E-state index in [1.165, 1.54) is 12.0 Å². The summed E-state index contributed by atoms with van der Waals surface area (Å²) in [4.78, 5) is 0. The van der Waals surface area contributed by atoms with Crippen LogP contribution in [0, 0.1) is 5.92 Å². The lowest BCUT2D eigenvalue weighted by Gasteiger charge is -2.13. The fourth-order valence-electron chi connectivity index (χ4n) is 1.61. The molecule has 0 aromatic heterocycles. The van der Waals surface area contributed by atoms with Gasteiger partial charge in [-0.05, 0) is 30.4 Å². The monoisotopic (exact) mass is 205 g/mol. The van der Waals surface area contributed by atoms with E-state index in [2.05, 4.69) is 56.4 Å². The van der Waals surface area contributed by atoms with Crippen molar-refractivity contribution in [1.29, 1.82) is 0 Å². The summed E-state index contributed by atoms with van der Waals surface area (Å²) in [6, 6.07) is 10.7. The van der Waals surface area contributed by atoms with Gasteiger partial charge in [-0.3, -0.25) is 0 Å². The lowest BCUT2D eigenvalue weighted by Crippen LogP contribution is -2.22. The number of hydrogen-bond donors (Lipinski definition) is 1. The van der Waals surface area contributed by atoms with Crippen molar-refractivity contribution in [2.75, 3.05) is 13.1 Å². The number of nitrogens with one attached hydrogen (secondary N) is 1. The van der Waals surface area contributed by atoms with Gasteiger partial charge in [0.25, 0.3) is 0 Å². The fraction of sp³-hybridized carbons (Fsp3) is 0.571. The highest BCUT2D eigenvalue weighted by Crippen LogP contribution is 2.12. The van der Waals surface area contributed by atoms with Crippen LogP contribution in [0.1, 0.15) is 38.7 Å². The Morgan fingerprint density at radius 1 is 1.07 bits per heavy atom. The molecule has 0 fully saturated rings. The summed E-state index contributed by atoms with van der Waals surface area (Å²) < 4.78 is 0. The third-order valence-corrected chi connectivity index (χ3v) is 2.72. The predicted octanol–water partition coefficient (Wildman–Crippen LogP) is 3.43. The minimum absolute atomic E-state index is 0.610. The molecule has 1 atom stereocenters. The second kappa shape index (κ2) is 6.62. The van der Waals surface area contributed by atoms with Crippen molar-refractivity contribution >= 4 is 0 Å². The van der Waals surface area contributed by atoms with Crippen LogP contribution < -0.4 is 5.32 Å². The molecule has 0 aliphatic rings. The van der Waals surface area contributed by atoms with Crippen LogP contribution in [0.15, 0.2) is 30.3 Å². The van der Waals surface area contributed by atoms with E-state index in [1.807, 2.05) is 0 Å². The first kappa shape index (κ1) is 12.3. The Hall–Kier alpha value is -0.820. The van der Waals surface area contributed by atoms with Gasteiger partial charge < -0.3 is 5.32 Å². The maximum Gasteiger partial charge on any atom is 0.00174 e. The summed E-state index contributed by atoms with van der Waals surface area (Å²) in [7, 11) is 0. The highest BCUT2D eigenvalue weighted by Gasteiger charge is 2.03. The predicted molar refractivity (Wildman–Crippen MR) is 67.2 cm³/mol. The van der Waals surface area contributed by atoms with Crippen molar-refractivity contribution < 1.29 is 0 Å². The fourth-order valence-corrected chi connectivity index (χ4v) is 1.61. The van der Waals surface area contributed by atoms with Crippen LogP contribution >= 0.6 is 0 Å². The first-order valence-corrected chi connectivity index (χ1v) is 5.96. The molecular weight excluding hydrogens is 182 g/mol. The van der Waals surface area contributed by atoms with E-state index < -0.39 is 0 Å². The third kappa shape index (κ3) is 4.98. The normalized spacial score (nSPS) is 13.1. The van der Waals surface area contributed by atoms with Crippen molar-refractivity contribution in [1.82, 2.24) is 5.32 Å². The molecule has 0 radical (unpaired) electrons. The number of hydrogen-bond acceptors (Lipinski definition) is 1. The summed E-state index contributed by atoms with van der Waals surface area (Å²) in [5.41, 5.74) is 1.43. The quantitative estimate of drug-likeness (QED) is 0.702. The van der Waals surface area contributed by atoms with E-state index in [0.29, 0.717) is 5.92 Å². The van der Waals surface area contributed by atoms with Crippen molar-refractivity contribution in [2.24, 2.45) is 5.92 Å². The summed E-state index contributed by atoms with van der Waals surface area (Å²) in [5.74, 6) is 1.41. The van der Waals surface area contributed by atoms with Gasteiger partial charge in [-0.15, -0.1) is 0 Å². The standard InChI is InChI=1S/C14H23N/c1-12(2)9-10-15-11-13(3)14-7-5-4-6-8-14/h4-8,12-13,15H,9-11H2,1-3H3/t13-/m1/s1. The van der Waals surface area contributed by atoms with Gasteiger partial charge in [0, 0.05) is 6.54 Å². The third-order valence-electron chi connectivity index (χ3n) is 2.72. The molecule has 0 saturated carbocycles. The average Bonchev–Trinajstić information content (AvgIpc) is 2.25. The van der Waals surface area contributed by atoms with E-state index >= 15 is 0 Å². The molecule has 0 unspecified atom stereocenters. The zero-order chi connectivity index (χ0) is 11.1. The summed E-state index contributed by atoms with van der Waals surface area (Å²) in [5, 5.41) is 3.51. The Bertz CT molecular complexity index is 253. The molecule has 0 amide bonds. The van der Waals surface area contributed by atoms with Gasteiger partial charge in [-0.2, -0.15) is 0 Å². The van der Waals surface area contributed by atoms with Crippen LogP contribution in [0.2, 0.25) is 0 Å². The largest absolute Gasteiger partial charge is 0.316 e. The molecule has 0 saturated heterocycles. The molecule has 1 aromatic carbocycles. The Balaban J connectivity index is 2.22. The maximum atomic E-state index is 3.51. The summed E-state index contributed by atoms with van der Waals surface area (Å²) in [6.07, 6.45) is 1.27. The van der Waals surface area contributed by atoms with Crippen LogP contribution in [0.25, 0.3) is 0 Å². The highest BCUT2D eigenvalue weighted by molar-refractivity contribution is 5.18. The minimum Gasteiger partial charge on any atom is -0.316 e. The van der Waals surface area contributed by atoms with E-state index in [4.69, 9.17) is 0 Å². The van der Waals surface area contributed by atoms with Gasteiger partial charge in [-0.1, -0.05) is 51.1 Å². The SMILES string of the molecule is CC(C)CCNC[C@@H](C)c1ccccc1. The maximum absolute atomic E-state index is 3.51. The Labute approximate surface area is 93.9 Å². The smallest absolute Gasteiger partial charge is 0.00174 e. The molecule has 1 rings (SSSR count). The Morgan fingerprint density at radius 2 is 1.73 bits per heavy atom. The van der Waals surface area contributed by atoms with Gasteiger partial charge in [0.1, 0.15) is 0 Å². The van der Waals surface area contributed by atoms with Crippen molar-refractivity contribution in [2.45, 2.75) is 33.1 Å². The van der Waals surface area contributed by atoms with Gasteiger partial charge >= 0.3 is 0 Å². The van der Waals surface area contributed by atoms with Gasteiger partial charge in [-0.25, -0.2) is 0 Å². The molecule has 0 aliphatic heterocycles. The van der Waals surface area contributed by atoms with Gasteiger partial charge in [0.2, 0.25) is 0 Å². The van der Waals surface area contributed by atoms with Crippen molar-refractivity contribution in [3.8, 4) is 0 Å². The minimum atomic E-state index is 0.610. The first-order valence-electron chi connectivity index (χ1n) is 5.96. The van der Waals surface area contributed by atoms with Crippen molar-refractivity contribution in [3.63, 3.8) is 0 Å². The zero-order valence-electron chi connectivity index (χ0n) is 10.2. The Kier molecular flexibility index (Phi) is 5.41. The average molecular weight is 205 g/mol. The molecule has 84 valence electrons. The molecule has 0 heterocycles. The van der Waals surface area contributed by atoms with Gasteiger partial charge in [0.15, 0.2) is 0 Å². The summed E-state index contributed by atoms with van der Waals surface area (Å²) in [6.45, 7) is 9.02. The summed E-state index contributed by atoms with van der Waals surface area (Å²) >= 11 is 0. The van der Waals surface area contributed by atoms with Crippen LogP contribution in [-0.4, -0.2) is 13.1 Å². The number of rotatable bonds is 6. The molecule has 0 aliphatic carbocycles. The molecule has 1 heteroatoms. The second-order valence-electron chi connectivity index (χ2n) is 4.70. The zero-order valence-corrected chi connectivity index (χ0v) is 10.2. The van der Waals surface area contributed by atoms with E-state index in [0.717, 1.165) is 19.0 Å². The molecule has 1 nitrogen and oxygen atoms in total. The molecule has 1 aromatic rings. The van der Waals surface area contributed by atoms with E-state index in [1.54, 1.807) is 0 Å².